The lowest BCUT2D eigenvalue weighted by Crippen LogP contribution is -1.96. The summed E-state index contributed by atoms with van der Waals surface area (Å²) >= 11 is 0. The van der Waals surface area contributed by atoms with Crippen LogP contribution < -0.4 is 9.05 Å². The summed E-state index contributed by atoms with van der Waals surface area (Å²) in [4.78, 5) is 21.4. The van der Waals surface area contributed by atoms with Crippen LogP contribution in [0.5, 0.6) is 11.5 Å². The van der Waals surface area contributed by atoms with E-state index in [1.807, 2.05) is 0 Å². The summed E-state index contributed by atoms with van der Waals surface area (Å²) in [6.45, 7) is 0. The van der Waals surface area contributed by atoms with Crippen molar-refractivity contribution in [2.45, 2.75) is 0 Å². The zero-order valence-corrected chi connectivity index (χ0v) is 12.1. The summed E-state index contributed by atoms with van der Waals surface area (Å²) < 4.78 is 21.8. The van der Waals surface area contributed by atoms with Gasteiger partial charge >= 0.3 is 20.2 Å². The van der Waals surface area contributed by atoms with Crippen LogP contribution in [-0.2, 0) is 4.57 Å². The topological polar surface area (TPSA) is 110 Å². The van der Waals surface area contributed by atoms with Gasteiger partial charge in [0.2, 0.25) is 0 Å². The van der Waals surface area contributed by atoms with E-state index in [4.69, 9.17) is 19.3 Å². The second-order valence-electron chi connectivity index (χ2n) is 4.11. The van der Waals surface area contributed by atoms with Crippen molar-refractivity contribution in [1.29, 1.82) is 0 Å². The Morgan fingerprint density at radius 2 is 1.05 bits per heavy atom. The molecule has 0 aliphatic carbocycles. The molecular weight excluding hydrogens is 311 g/mol. The van der Waals surface area contributed by atoms with E-state index in [9.17, 15) is 14.2 Å². The Kier molecular flexibility index (Phi) is 4.80. The van der Waals surface area contributed by atoms with Crippen molar-refractivity contribution in [2.75, 3.05) is 0 Å². The number of rotatable bonds is 6. The van der Waals surface area contributed by atoms with Crippen LogP contribution in [0.25, 0.3) is 0 Å². The Hall–Kier alpha value is -2.79. The number of carboxylic acid groups (broad SMARTS) is 2. The largest absolute Gasteiger partial charge is 0.478 e. The van der Waals surface area contributed by atoms with Gasteiger partial charge in [0, 0.05) is 0 Å². The van der Waals surface area contributed by atoms with E-state index in [-0.39, 0.29) is 22.6 Å². The first-order chi connectivity index (χ1) is 10.5. The van der Waals surface area contributed by atoms with Gasteiger partial charge in [-0.05, 0) is 48.5 Å². The van der Waals surface area contributed by atoms with E-state index in [0.717, 1.165) is 0 Å². The predicted octanol–water partition coefficient (Wildman–Crippen LogP) is 2.93. The van der Waals surface area contributed by atoms with Gasteiger partial charge in [0.05, 0.1) is 11.1 Å². The fraction of sp³-hybridized carbons (Fsp3) is 0. The molecule has 0 radical (unpaired) electrons. The molecule has 0 saturated heterocycles. The van der Waals surface area contributed by atoms with Crippen molar-refractivity contribution in [3.63, 3.8) is 0 Å². The van der Waals surface area contributed by atoms with Gasteiger partial charge in [-0.3, -0.25) is 0 Å². The highest BCUT2D eigenvalue weighted by atomic mass is 31.1. The summed E-state index contributed by atoms with van der Waals surface area (Å²) in [5.74, 6) is -1.74. The van der Waals surface area contributed by atoms with Gasteiger partial charge in [-0.1, -0.05) is 0 Å². The molecule has 0 amide bonds. The van der Waals surface area contributed by atoms with Gasteiger partial charge in [0.15, 0.2) is 0 Å². The highest BCUT2D eigenvalue weighted by Gasteiger charge is 2.08. The lowest BCUT2D eigenvalue weighted by atomic mass is 10.2. The van der Waals surface area contributed by atoms with Gasteiger partial charge in [-0.15, -0.1) is 0 Å². The first-order valence-electron chi connectivity index (χ1n) is 6.02. The van der Waals surface area contributed by atoms with Crippen LogP contribution in [-0.4, -0.2) is 22.2 Å². The second-order valence-corrected chi connectivity index (χ2v) is 5.02. The standard InChI is InChI=1S/C14H11O7P/c15-13(16)9-1-5-11(6-2-9)20-22(19)21-12-7-3-10(4-8-12)14(17)18/h1-8,22H,(H,15,16)(H,17,18). The first-order valence-corrected chi connectivity index (χ1v) is 7.24. The molecule has 2 N–H and O–H groups in total. The summed E-state index contributed by atoms with van der Waals surface area (Å²) in [6.07, 6.45) is 0. The molecule has 114 valence electrons. The van der Waals surface area contributed by atoms with E-state index >= 15 is 0 Å². The minimum atomic E-state index is -2.90. The molecule has 0 unspecified atom stereocenters. The van der Waals surface area contributed by atoms with E-state index < -0.39 is 20.2 Å². The van der Waals surface area contributed by atoms with Gasteiger partial charge in [0.1, 0.15) is 11.5 Å². The van der Waals surface area contributed by atoms with E-state index in [0.29, 0.717) is 0 Å². The number of benzene rings is 2. The fourth-order valence-corrected chi connectivity index (χ4v) is 2.24. The highest BCUT2D eigenvalue weighted by Crippen LogP contribution is 2.30. The van der Waals surface area contributed by atoms with Crippen molar-refractivity contribution in [3.05, 3.63) is 59.7 Å². The Morgan fingerprint density at radius 1 is 0.727 bits per heavy atom. The van der Waals surface area contributed by atoms with Crippen molar-refractivity contribution < 1.29 is 33.4 Å². The smallest absolute Gasteiger partial charge is 0.418 e. The fourth-order valence-electron chi connectivity index (χ4n) is 1.54. The summed E-state index contributed by atoms with van der Waals surface area (Å²) in [7, 11) is -2.90. The van der Waals surface area contributed by atoms with Crippen molar-refractivity contribution in [2.24, 2.45) is 0 Å². The molecule has 0 spiro atoms. The minimum absolute atomic E-state index is 0.0807. The van der Waals surface area contributed by atoms with Gasteiger partial charge in [-0.25, -0.2) is 14.2 Å². The minimum Gasteiger partial charge on any atom is -0.478 e. The molecule has 2 aromatic rings. The van der Waals surface area contributed by atoms with Crippen molar-refractivity contribution >= 4 is 20.2 Å². The zero-order chi connectivity index (χ0) is 16.1. The maximum atomic E-state index is 11.7. The zero-order valence-electron chi connectivity index (χ0n) is 11.1. The van der Waals surface area contributed by atoms with Crippen LogP contribution in [0.2, 0.25) is 0 Å². The van der Waals surface area contributed by atoms with Crippen molar-refractivity contribution in [1.82, 2.24) is 0 Å². The highest BCUT2D eigenvalue weighted by molar-refractivity contribution is 7.34. The maximum absolute atomic E-state index is 11.7. The summed E-state index contributed by atoms with van der Waals surface area (Å²) in [5, 5.41) is 17.5. The normalized spacial score (nSPS) is 10.2. The van der Waals surface area contributed by atoms with Crippen molar-refractivity contribution in [3.8, 4) is 11.5 Å². The number of hydrogen-bond donors (Lipinski definition) is 2. The molecule has 0 bridgehead atoms. The number of carboxylic acids is 2. The van der Waals surface area contributed by atoms with E-state index in [1.54, 1.807) is 0 Å². The maximum Gasteiger partial charge on any atom is 0.418 e. The third-order valence-electron chi connectivity index (χ3n) is 2.60. The lowest BCUT2D eigenvalue weighted by Gasteiger charge is -2.08. The second kappa shape index (κ2) is 6.78. The Labute approximate surface area is 125 Å². The Balaban J connectivity index is 1.97. The molecule has 8 heteroatoms. The van der Waals surface area contributed by atoms with E-state index in [1.165, 1.54) is 48.5 Å². The van der Waals surface area contributed by atoms with Gasteiger partial charge in [-0.2, -0.15) is 0 Å². The Morgan fingerprint density at radius 3 is 1.32 bits per heavy atom. The predicted molar refractivity (Wildman–Crippen MR) is 77.1 cm³/mol. The quantitative estimate of drug-likeness (QED) is 0.787. The number of aromatic carboxylic acids is 2. The molecule has 0 atom stereocenters. The monoisotopic (exact) mass is 322 g/mol. The molecule has 0 aromatic heterocycles. The molecule has 7 nitrogen and oxygen atoms in total. The SMILES string of the molecule is O=C(O)c1ccc(O[PH](=O)Oc2ccc(C(=O)O)cc2)cc1. The van der Waals surface area contributed by atoms with Crippen LogP contribution in [0.4, 0.5) is 0 Å². The molecule has 2 rings (SSSR count). The molecule has 0 fully saturated rings. The Bertz CT molecular complexity index is 645. The van der Waals surface area contributed by atoms with E-state index in [2.05, 4.69) is 0 Å². The molecule has 22 heavy (non-hydrogen) atoms. The lowest BCUT2D eigenvalue weighted by molar-refractivity contribution is 0.0686. The number of carbonyl (C=O) groups is 2. The molecule has 0 saturated carbocycles. The molecule has 0 aliphatic heterocycles. The third-order valence-corrected chi connectivity index (χ3v) is 3.41. The molecule has 0 heterocycles. The number of hydrogen-bond acceptors (Lipinski definition) is 5. The summed E-state index contributed by atoms with van der Waals surface area (Å²) in [5.41, 5.74) is 0.161. The molecular formula is C14H11O7P. The van der Waals surface area contributed by atoms with Crippen LogP contribution in [0.3, 0.4) is 0 Å². The third kappa shape index (κ3) is 4.10. The van der Waals surface area contributed by atoms with Gasteiger partial charge in [0.25, 0.3) is 0 Å². The average molecular weight is 322 g/mol. The summed E-state index contributed by atoms with van der Waals surface area (Å²) in [6, 6.07) is 10.7. The first kappa shape index (κ1) is 15.6. The van der Waals surface area contributed by atoms with Crippen LogP contribution >= 0.6 is 8.25 Å². The van der Waals surface area contributed by atoms with Gasteiger partial charge < -0.3 is 19.3 Å². The van der Waals surface area contributed by atoms with Crippen LogP contribution in [0.1, 0.15) is 20.7 Å². The average Bonchev–Trinajstić information content (AvgIpc) is 2.48. The molecule has 0 aliphatic rings. The molecule has 2 aromatic carbocycles. The van der Waals surface area contributed by atoms with Crippen LogP contribution in [0, 0.1) is 0 Å². The van der Waals surface area contributed by atoms with Crippen LogP contribution in [0.15, 0.2) is 48.5 Å².